The lowest BCUT2D eigenvalue weighted by Crippen LogP contribution is -2.27. The molecule has 4 aromatic rings. The van der Waals surface area contributed by atoms with E-state index in [1.807, 2.05) is 55.2 Å². The second kappa shape index (κ2) is 7.45. The summed E-state index contributed by atoms with van der Waals surface area (Å²) in [5.41, 5.74) is 5.10. The van der Waals surface area contributed by atoms with Crippen molar-refractivity contribution in [2.24, 2.45) is 7.05 Å². The maximum absolute atomic E-state index is 12.8. The van der Waals surface area contributed by atoms with Gasteiger partial charge in [-0.3, -0.25) is 9.48 Å². The fourth-order valence-corrected chi connectivity index (χ4v) is 4.43. The van der Waals surface area contributed by atoms with Crippen LogP contribution in [0.3, 0.4) is 0 Å². The molecule has 1 aromatic carbocycles. The zero-order valence-corrected chi connectivity index (χ0v) is 17.6. The van der Waals surface area contributed by atoms with E-state index in [0.29, 0.717) is 11.6 Å². The van der Waals surface area contributed by atoms with Crippen molar-refractivity contribution >= 4 is 39.7 Å². The molecule has 0 saturated heterocycles. The van der Waals surface area contributed by atoms with Crippen molar-refractivity contribution < 1.29 is 4.79 Å². The lowest BCUT2D eigenvalue weighted by atomic mass is 10.2. The standard InChI is InChI=1S/C21H21ClN4OS/c1-13-17(14(2)25(3)24-13)11-23-21(27)12-26-18-7-6-16(22)9-15(18)10-19(26)20-5-4-8-28-20/h4-10H,11-12H2,1-3H3,(H,23,27). The van der Waals surface area contributed by atoms with Gasteiger partial charge in [-0.2, -0.15) is 5.10 Å². The SMILES string of the molecule is Cc1nn(C)c(C)c1CNC(=O)Cn1c(-c2cccs2)cc2cc(Cl)ccc21. The summed E-state index contributed by atoms with van der Waals surface area (Å²) >= 11 is 7.82. The average Bonchev–Trinajstić information content (AvgIpc) is 3.34. The smallest absolute Gasteiger partial charge is 0.240 e. The van der Waals surface area contributed by atoms with Gasteiger partial charge in [0.2, 0.25) is 5.91 Å². The van der Waals surface area contributed by atoms with Gasteiger partial charge in [0.15, 0.2) is 0 Å². The minimum atomic E-state index is -0.0343. The first-order valence-corrected chi connectivity index (χ1v) is 10.3. The highest BCUT2D eigenvalue weighted by Crippen LogP contribution is 2.32. The quantitative estimate of drug-likeness (QED) is 0.517. The number of hydrogen-bond donors (Lipinski definition) is 1. The molecule has 7 heteroatoms. The number of nitrogens with zero attached hydrogens (tertiary/aromatic N) is 3. The molecular formula is C21H21ClN4OS. The lowest BCUT2D eigenvalue weighted by molar-refractivity contribution is -0.121. The second-order valence-corrected chi connectivity index (χ2v) is 8.23. The molecule has 0 radical (unpaired) electrons. The topological polar surface area (TPSA) is 51.9 Å². The molecule has 3 heterocycles. The Kier molecular flexibility index (Phi) is 5.00. The number of nitrogens with one attached hydrogen (secondary N) is 1. The molecule has 3 aromatic heterocycles. The van der Waals surface area contributed by atoms with Crippen LogP contribution in [-0.2, 0) is 24.9 Å². The Balaban J connectivity index is 1.61. The van der Waals surface area contributed by atoms with Gasteiger partial charge in [0.05, 0.1) is 16.3 Å². The van der Waals surface area contributed by atoms with Crippen LogP contribution in [0.15, 0.2) is 41.8 Å². The molecule has 0 saturated carbocycles. The molecule has 1 N–H and O–H groups in total. The van der Waals surface area contributed by atoms with Crippen molar-refractivity contribution in [3.8, 4) is 10.6 Å². The van der Waals surface area contributed by atoms with Crippen molar-refractivity contribution in [2.75, 3.05) is 0 Å². The molecule has 0 unspecified atom stereocenters. The number of carbonyl (C=O) groups excluding carboxylic acids is 1. The lowest BCUT2D eigenvalue weighted by Gasteiger charge is -2.11. The molecule has 0 fully saturated rings. The Hall–Kier alpha value is -2.57. The van der Waals surface area contributed by atoms with E-state index >= 15 is 0 Å². The summed E-state index contributed by atoms with van der Waals surface area (Å²) in [5.74, 6) is -0.0343. The van der Waals surface area contributed by atoms with Gasteiger partial charge in [-0.05, 0) is 49.6 Å². The largest absolute Gasteiger partial charge is 0.350 e. The maximum Gasteiger partial charge on any atom is 0.240 e. The Morgan fingerprint density at radius 3 is 2.75 bits per heavy atom. The normalized spacial score (nSPS) is 11.3. The van der Waals surface area contributed by atoms with Crippen LogP contribution >= 0.6 is 22.9 Å². The highest BCUT2D eigenvalue weighted by Gasteiger charge is 2.16. The summed E-state index contributed by atoms with van der Waals surface area (Å²) < 4.78 is 3.89. The average molecular weight is 413 g/mol. The van der Waals surface area contributed by atoms with Gasteiger partial charge in [0.25, 0.3) is 0 Å². The van der Waals surface area contributed by atoms with Crippen LogP contribution < -0.4 is 5.32 Å². The number of halogens is 1. The van der Waals surface area contributed by atoms with E-state index in [1.165, 1.54) is 0 Å². The van der Waals surface area contributed by atoms with E-state index < -0.39 is 0 Å². The number of benzene rings is 1. The number of aryl methyl sites for hydroxylation is 2. The number of fused-ring (bicyclic) bond motifs is 1. The summed E-state index contributed by atoms with van der Waals surface area (Å²) in [6.45, 7) is 4.70. The van der Waals surface area contributed by atoms with E-state index in [4.69, 9.17) is 11.6 Å². The van der Waals surface area contributed by atoms with Crippen LogP contribution in [-0.4, -0.2) is 20.3 Å². The molecule has 0 atom stereocenters. The zero-order chi connectivity index (χ0) is 19.8. The van der Waals surface area contributed by atoms with Crippen LogP contribution in [0, 0.1) is 13.8 Å². The van der Waals surface area contributed by atoms with Crippen molar-refractivity contribution in [2.45, 2.75) is 26.9 Å². The Morgan fingerprint density at radius 1 is 1.25 bits per heavy atom. The highest BCUT2D eigenvalue weighted by atomic mass is 35.5. The van der Waals surface area contributed by atoms with Gasteiger partial charge in [-0.15, -0.1) is 11.3 Å². The minimum absolute atomic E-state index is 0.0343. The monoisotopic (exact) mass is 412 g/mol. The third-order valence-corrected chi connectivity index (χ3v) is 6.19. The first kappa shape index (κ1) is 18.8. The molecule has 0 aliphatic rings. The molecule has 1 amide bonds. The summed E-state index contributed by atoms with van der Waals surface area (Å²) in [4.78, 5) is 13.9. The molecule has 5 nitrogen and oxygen atoms in total. The Morgan fingerprint density at radius 2 is 2.07 bits per heavy atom. The van der Waals surface area contributed by atoms with E-state index in [-0.39, 0.29) is 12.5 Å². The number of thiophene rings is 1. The summed E-state index contributed by atoms with van der Waals surface area (Å²) in [6.07, 6.45) is 0. The van der Waals surface area contributed by atoms with Crippen molar-refractivity contribution in [3.63, 3.8) is 0 Å². The van der Waals surface area contributed by atoms with Crippen LogP contribution in [0.25, 0.3) is 21.5 Å². The van der Waals surface area contributed by atoms with Crippen molar-refractivity contribution in [1.82, 2.24) is 19.7 Å². The van der Waals surface area contributed by atoms with Gasteiger partial charge in [-0.25, -0.2) is 0 Å². The first-order chi connectivity index (χ1) is 13.4. The molecular weight excluding hydrogens is 392 g/mol. The van der Waals surface area contributed by atoms with Crippen molar-refractivity contribution in [1.29, 1.82) is 0 Å². The van der Waals surface area contributed by atoms with Gasteiger partial charge in [-0.1, -0.05) is 17.7 Å². The van der Waals surface area contributed by atoms with Crippen LogP contribution in [0.2, 0.25) is 5.02 Å². The van der Waals surface area contributed by atoms with E-state index in [0.717, 1.165) is 38.4 Å². The van der Waals surface area contributed by atoms with Gasteiger partial charge >= 0.3 is 0 Å². The summed E-state index contributed by atoms with van der Waals surface area (Å²) in [5, 5.41) is 11.2. The molecule has 144 valence electrons. The highest BCUT2D eigenvalue weighted by molar-refractivity contribution is 7.13. The van der Waals surface area contributed by atoms with Crippen LogP contribution in [0.1, 0.15) is 17.0 Å². The summed E-state index contributed by atoms with van der Waals surface area (Å²) in [6, 6.07) is 11.9. The fourth-order valence-electron chi connectivity index (χ4n) is 3.50. The first-order valence-electron chi connectivity index (χ1n) is 9.02. The third kappa shape index (κ3) is 3.45. The second-order valence-electron chi connectivity index (χ2n) is 6.85. The van der Waals surface area contributed by atoms with Gasteiger partial charge < -0.3 is 9.88 Å². The molecule has 0 aliphatic carbocycles. The van der Waals surface area contributed by atoms with E-state index in [9.17, 15) is 4.79 Å². The van der Waals surface area contributed by atoms with E-state index in [2.05, 4.69) is 27.1 Å². The Labute approximate surface area is 172 Å². The predicted octanol–water partition coefficient (Wildman–Crippen LogP) is 4.69. The third-order valence-electron chi connectivity index (χ3n) is 5.06. The van der Waals surface area contributed by atoms with Gasteiger partial charge in [0.1, 0.15) is 6.54 Å². The fraction of sp³-hybridized carbons (Fsp3) is 0.238. The number of aromatic nitrogens is 3. The minimum Gasteiger partial charge on any atom is -0.350 e. The maximum atomic E-state index is 12.8. The molecule has 0 spiro atoms. The number of hydrogen-bond acceptors (Lipinski definition) is 3. The number of rotatable bonds is 5. The van der Waals surface area contributed by atoms with E-state index in [1.54, 1.807) is 11.3 Å². The van der Waals surface area contributed by atoms with Crippen LogP contribution in [0.4, 0.5) is 0 Å². The summed E-state index contributed by atoms with van der Waals surface area (Å²) in [7, 11) is 1.91. The van der Waals surface area contributed by atoms with Gasteiger partial charge in [0, 0.05) is 40.8 Å². The molecule has 28 heavy (non-hydrogen) atoms. The van der Waals surface area contributed by atoms with Crippen molar-refractivity contribution in [3.05, 3.63) is 63.8 Å². The predicted molar refractivity (Wildman–Crippen MR) is 115 cm³/mol. The molecule has 0 aliphatic heterocycles. The molecule has 0 bridgehead atoms. The number of amides is 1. The Bertz CT molecular complexity index is 1160. The number of carbonyl (C=O) groups is 1. The molecule has 4 rings (SSSR count). The van der Waals surface area contributed by atoms with Crippen LogP contribution in [0.5, 0.6) is 0 Å². The zero-order valence-electron chi connectivity index (χ0n) is 16.0.